The number of carbonyl (C=O) groups excluding carboxylic acids is 1. The van der Waals surface area contributed by atoms with Gasteiger partial charge in [-0.15, -0.1) is 0 Å². The minimum absolute atomic E-state index is 0.0203. The number of amides is 1. The molecule has 3 aromatic rings. The summed E-state index contributed by atoms with van der Waals surface area (Å²) in [5, 5.41) is 9.66. The molecule has 0 fully saturated rings. The lowest BCUT2D eigenvalue weighted by Crippen LogP contribution is -2.42. The van der Waals surface area contributed by atoms with E-state index in [1.165, 1.54) is 18.2 Å². The Bertz CT molecular complexity index is 1180. The SMILES string of the molecule is O=C1c2c(OCc3ccccc3)c(=O)cc(CO)n2CCN1Cc1ccc(F)c(Cl)c1. The van der Waals surface area contributed by atoms with Gasteiger partial charge in [-0.05, 0) is 23.3 Å². The van der Waals surface area contributed by atoms with Crippen LogP contribution in [0.15, 0.2) is 59.4 Å². The first kappa shape index (κ1) is 21.1. The number of nitrogens with zero attached hydrogens (tertiary/aromatic N) is 2. The second-order valence-corrected chi connectivity index (χ2v) is 7.64. The Hall–Kier alpha value is -3.16. The van der Waals surface area contributed by atoms with E-state index in [-0.39, 0.29) is 36.2 Å². The van der Waals surface area contributed by atoms with Gasteiger partial charge in [0.15, 0.2) is 11.4 Å². The summed E-state index contributed by atoms with van der Waals surface area (Å²) in [6, 6.07) is 14.9. The predicted octanol–water partition coefficient (Wildman–Crippen LogP) is 3.37. The highest BCUT2D eigenvalue weighted by atomic mass is 35.5. The summed E-state index contributed by atoms with van der Waals surface area (Å²) < 4.78 is 20.9. The first-order chi connectivity index (χ1) is 15.0. The minimum atomic E-state index is -0.531. The molecular formula is C23H20ClFN2O4. The maximum atomic E-state index is 13.5. The second kappa shape index (κ2) is 8.91. The monoisotopic (exact) mass is 442 g/mol. The van der Waals surface area contributed by atoms with Gasteiger partial charge in [0.25, 0.3) is 5.91 Å². The number of aliphatic hydroxyl groups is 1. The number of carbonyl (C=O) groups is 1. The second-order valence-electron chi connectivity index (χ2n) is 7.24. The first-order valence-corrected chi connectivity index (χ1v) is 10.1. The van der Waals surface area contributed by atoms with Gasteiger partial charge in [-0.2, -0.15) is 0 Å². The van der Waals surface area contributed by atoms with Crippen LogP contribution in [-0.4, -0.2) is 27.0 Å². The molecule has 1 aliphatic heterocycles. The van der Waals surface area contributed by atoms with Crippen molar-refractivity contribution in [3.8, 4) is 5.75 Å². The molecule has 4 rings (SSSR count). The fraction of sp³-hybridized carbons (Fsp3) is 0.217. The van der Waals surface area contributed by atoms with Gasteiger partial charge >= 0.3 is 0 Å². The van der Waals surface area contributed by atoms with Gasteiger partial charge in [-0.25, -0.2) is 4.39 Å². The van der Waals surface area contributed by atoms with Crippen molar-refractivity contribution in [3.05, 3.63) is 98.2 Å². The van der Waals surface area contributed by atoms with Crippen LogP contribution < -0.4 is 10.2 Å². The number of halogens is 2. The van der Waals surface area contributed by atoms with E-state index in [1.807, 2.05) is 30.3 Å². The maximum Gasteiger partial charge on any atom is 0.274 e. The van der Waals surface area contributed by atoms with E-state index in [4.69, 9.17) is 16.3 Å². The Balaban J connectivity index is 1.67. The third-order valence-electron chi connectivity index (χ3n) is 5.18. The molecule has 1 aromatic heterocycles. The molecule has 0 unspecified atom stereocenters. The molecule has 0 saturated heterocycles. The van der Waals surface area contributed by atoms with Crippen LogP contribution in [0.3, 0.4) is 0 Å². The zero-order valence-electron chi connectivity index (χ0n) is 16.6. The van der Waals surface area contributed by atoms with E-state index in [2.05, 4.69) is 0 Å². The normalized spacial score (nSPS) is 13.3. The summed E-state index contributed by atoms with van der Waals surface area (Å²) >= 11 is 5.86. The number of ether oxygens (including phenoxy) is 1. The molecule has 0 radical (unpaired) electrons. The molecule has 2 heterocycles. The predicted molar refractivity (Wildman–Crippen MR) is 114 cm³/mol. The molecular weight excluding hydrogens is 423 g/mol. The molecule has 0 aliphatic carbocycles. The van der Waals surface area contributed by atoms with Crippen molar-refractivity contribution in [1.29, 1.82) is 0 Å². The van der Waals surface area contributed by atoms with Gasteiger partial charge < -0.3 is 19.3 Å². The number of hydrogen-bond acceptors (Lipinski definition) is 4. The van der Waals surface area contributed by atoms with Crippen molar-refractivity contribution in [3.63, 3.8) is 0 Å². The highest BCUT2D eigenvalue weighted by Crippen LogP contribution is 2.25. The van der Waals surface area contributed by atoms with E-state index in [0.717, 1.165) is 5.56 Å². The molecule has 2 aromatic carbocycles. The van der Waals surface area contributed by atoms with E-state index in [1.54, 1.807) is 15.5 Å². The highest BCUT2D eigenvalue weighted by molar-refractivity contribution is 6.30. The summed E-state index contributed by atoms with van der Waals surface area (Å²) in [6.07, 6.45) is 0. The molecule has 1 amide bonds. The van der Waals surface area contributed by atoms with Crippen LogP contribution in [0.2, 0.25) is 5.02 Å². The van der Waals surface area contributed by atoms with Crippen LogP contribution in [0.4, 0.5) is 4.39 Å². The van der Waals surface area contributed by atoms with Crippen molar-refractivity contribution >= 4 is 17.5 Å². The van der Waals surface area contributed by atoms with Crippen LogP contribution in [0.1, 0.15) is 27.3 Å². The van der Waals surface area contributed by atoms with Crippen molar-refractivity contribution < 1.29 is 19.0 Å². The van der Waals surface area contributed by atoms with Crippen molar-refractivity contribution in [2.24, 2.45) is 0 Å². The third-order valence-corrected chi connectivity index (χ3v) is 5.47. The number of benzene rings is 2. The van der Waals surface area contributed by atoms with Crippen LogP contribution in [0.25, 0.3) is 0 Å². The number of aromatic nitrogens is 1. The Labute approximate surface area is 183 Å². The van der Waals surface area contributed by atoms with Gasteiger partial charge in [-0.1, -0.05) is 48.0 Å². The number of aliphatic hydroxyl groups excluding tert-OH is 1. The number of rotatable bonds is 6. The van der Waals surface area contributed by atoms with Gasteiger partial charge in [0.2, 0.25) is 5.43 Å². The largest absolute Gasteiger partial charge is 0.483 e. The summed E-state index contributed by atoms with van der Waals surface area (Å²) in [5.41, 5.74) is 1.51. The fourth-order valence-electron chi connectivity index (χ4n) is 3.63. The lowest BCUT2D eigenvalue weighted by Gasteiger charge is -2.32. The molecule has 0 bridgehead atoms. The number of fused-ring (bicyclic) bond motifs is 1. The fourth-order valence-corrected chi connectivity index (χ4v) is 3.83. The Kier molecular flexibility index (Phi) is 6.06. The minimum Gasteiger partial charge on any atom is -0.483 e. The third kappa shape index (κ3) is 4.33. The molecule has 6 nitrogen and oxygen atoms in total. The summed E-state index contributed by atoms with van der Waals surface area (Å²) in [5.74, 6) is -0.980. The average molecular weight is 443 g/mol. The lowest BCUT2D eigenvalue weighted by atomic mass is 10.1. The zero-order valence-corrected chi connectivity index (χ0v) is 17.3. The van der Waals surface area contributed by atoms with E-state index < -0.39 is 17.2 Å². The van der Waals surface area contributed by atoms with Crippen LogP contribution in [0.5, 0.6) is 5.75 Å². The quantitative estimate of drug-likeness (QED) is 0.635. The number of hydrogen-bond donors (Lipinski definition) is 1. The topological polar surface area (TPSA) is 71.8 Å². The average Bonchev–Trinajstić information content (AvgIpc) is 2.77. The lowest BCUT2D eigenvalue weighted by molar-refractivity contribution is 0.0675. The standard InChI is InChI=1S/C23H20ClFN2O4/c24-18-10-16(6-7-19(18)25)12-26-8-9-27-17(13-28)11-20(29)22(21(27)23(26)30)31-14-15-4-2-1-3-5-15/h1-7,10-11,28H,8-9,12-14H2. The van der Waals surface area contributed by atoms with E-state index in [9.17, 15) is 19.1 Å². The summed E-state index contributed by atoms with van der Waals surface area (Å²) in [6.45, 7) is 0.696. The van der Waals surface area contributed by atoms with Crippen molar-refractivity contribution in [2.45, 2.75) is 26.3 Å². The van der Waals surface area contributed by atoms with E-state index in [0.29, 0.717) is 24.3 Å². The van der Waals surface area contributed by atoms with Gasteiger partial charge in [0, 0.05) is 31.4 Å². The van der Waals surface area contributed by atoms with Crippen LogP contribution >= 0.6 is 11.6 Å². The summed E-state index contributed by atoms with van der Waals surface area (Å²) in [7, 11) is 0. The highest BCUT2D eigenvalue weighted by Gasteiger charge is 2.31. The molecule has 8 heteroatoms. The molecule has 1 N–H and O–H groups in total. The zero-order chi connectivity index (χ0) is 22.0. The van der Waals surface area contributed by atoms with Gasteiger partial charge in [0.05, 0.1) is 11.6 Å². The summed E-state index contributed by atoms with van der Waals surface area (Å²) in [4.78, 5) is 27.6. The Morgan fingerprint density at radius 3 is 2.52 bits per heavy atom. The molecule has 0 saturated carbocycles. The Morgan fingerprint density at radius 1 is 1.03 bits per heavy atom. The molecule has 31 heavy (non-hydrogen) atoms. The van der Waals surface area contributed by atoms with E-state index >= 15 is 0 Å². The van der Waals surface area contributed by atoms with Crippen molar-refractivity contribution in [2.75, 3.05) is 6.54 Å². The molecule has 0 atom stereocenters. The number of pyridine rings is 1. The maximum absolute atomic E-state index is 13.5. The Morgan fingerprint density at radius 2 is 1.81 bits per heavy atom. The van der Waals surface area contributed by atoms with Crippen LogP contribution in [0, 0.1) is 5.82 Å². The van der Waals surface area contributed by atoms with Crippen molar-refractivity contribution in [1.82, 2.24) is 9.47 Å². The van der Waals surface area contributed by atoms with Gasteiger partial charge in [-0.3, -0.25) is 9.59 Å². The first-order valence-electron chi connectivity index (χ1n) is 9.75. The molecule has 0 spiro atoms. The smallest absolute Gasteiger partial charge is 0.274 e. The molecule has 1 aliphatic rings. The van der Waals surface area contributed by atoms with Gasteiger partial charge in [0.1, 0.15) is 12.4 Å². The molecule has 160 valence electrons. The van der Waals surface area contributed by atoms with Crippen LogP contribution in [-0.2, 0) is 26.3 Å².